The van der Waals surface area contributed by atoms with E-state index in [1.807, 2.05) is 0 Å². The van der Waals surface area contributed by atoms with Crippen molar-refractivity contribution in [1.82, 2.24) is 10.4 Å². The standard InChI is InChI=1S/C14H18N4O7/c1-14(2)15-9(13(19)16(14)25-4)5-8-6-10(17(20)21)12(24-3)11(7-8)18(22)23/h6-7,9,15H,5H2,1-4H3/t9-/m0/s1. The average Bonchev–Trinajstić information content (AvgIpc) is 2.74. The van der Waals surface area contributed by atoms with Crippen molar-refractivity contribution in [3.05, 3.63) is 37.9 Å². The predicted molar refractivity (Wildman–Crippen MR) is 84.9 cm³/mol. The number of nitrogens with zero attached hydrogens (tertiary/aromatic N) is 3. The summed E-state index contributed by atoms with van der Waals surface area (Å²) in [4.78, 5) is 38.3. The summed E-state index contributed by atoms with van der Waals surface area (Å²) in [5.74, 6) is -0.795. The van der Waals surface area contributed by atoms with Crippen molar-refractivity contribution in [1.29, 1.82) is 0 Å². The molecule has 0 aliphatic carbocycles. The highest BCUT2D eigenvalue weighted by molar-refractivity contribution is 5.84. The van der Waals surface area contributed by atoms with E-state index in [1.165, 1.54) is 19.2 Å². The summed E-state index contributed by atoms with van der Waals surface area (Å²) in [6, 6.07) is 1.61. The topological polar surface area (TPSA) is 137 Å². The van der Waals surface area contributed by atoms with Crippen LogP contribution in [0.4, 0.5) is 11.4 Å². The smallest absolute Gasteiger partial charge is 0.318 e. The van der Waals surface area contributed by atoms with Gasteiger partial charge in [0.15, 0.2) is 0 Å². The maximum absolute atomic E-state index is 12.4. The number of ether oxygens (including phenoxy) is 1. The van der Waals surface area contributed by atoms with Crippen LogP contribution in [0.3, 0.4) is 0 Å². The Hall–Kier alpha value is -2.79. The van der Waals surface area contributed by atoms with Gasteiger partial charge >= 0.3 is 11.4 Å². The first kappa shape index (κ1) is 18.5. The molecule has 0 aromatic heterocycles. The molecule has 1 aromatic carbocycles. The van der Waals surface area contributed by atoms with Crippen molar-refractivity contribution in [3.63, 3.8) is 0 Å². The van der Waals surface area contributed by atoms with Crippen molar-refractivity contribution in [2.24, 2.45) is 0 Å². The fourth-order valence-electron chi connectivity index (χ4n) is 2.91. The quantitative estimate of drug-likeness (QED) is 0.593. The summed E-state index contributed by atoms with van der Waals surface area (Å²) in [5.41, 5.74) is -1.57. The monoisotopic (exact) mass is 354 g/mol. The van der Waals surface area contributed by atoms with E-state index in [2.05, 4.69) is 5.32 Å². The number of rotatable bonds is 6. The Bertz CT molecular complexity index is 699. The zero-order valence-corrected chi connectivity index (χ0v) is 14.1. The molecule has 0 spiro atoms. The average molecular weight is 354 g/mol. The number of hydrogen-bond donors (Lipinski definition) is 1. The number of methoxy groups -OCH3 is 1. The minimum absolute atomic E-state index is 0.0216. The third-order valence-corrected chi connectivity index (χ3v) is 3.86. The van der Waals surface area contributed by atoms with Crippen LogP contribution in [-0.4, -0.2) is 46.7 Å². The lowest BCUT2D eigenvalue weighted by Gasteiger charge is -2.28. The molecule has 11 heteroatoms. The Morgan fingerprint density at radius 3 is 2.08 bits per heavy atom. The van der Waals surface area contributed by atoms with Crippen molar-refractivity contribution >= 4 is 17.3 Å². The molecule has 0 bridgehead atoms. The molecular formula is C14H18N4O7. The largest absolute Gasteiger partial charge is 0.485 e. The number of nitro benzene ring substituents is 2. The number of hydrogen-bond acceptors (Lipinski definition) is 8. The first-order valence-electron chi connectivity index (χ1n) is 7.28. The number of nitro groups is 2. The van der Waals surface area contributed by atoms with Crippen LogP contribution >= 0.6 is 0 Å². The molecule has 25 heavy (non-hydrogen) atoms. The van der Waals surface area contributed by atoms with E-state index < -0.39 is 38.7 Å². The van der Waals surface area contributed by atoms with Crippen LogP contribution in [0.25, 0.3) is 0 Å². The number of carbonyl (C=O) groups is 1. The minimum Gasteiger partial charge on any atom is -0.485 e. The number of carbonyl (C=O) groups excluding carboxylic acids is 1. The van der Waals surface area contributed by atoms with Crippen molar-refractivity contribution < 1.29 is 24.2 Å². The van der Waals surface area contributed by atoms with E-state index in [4.69, 9.17) is 9.57 Å². The van der Waals surface area contributed by atoms with Crippen LogP contribution in [0.15, 0.2) is 12.1 Å². The van der Waals surface area contributed by atoms with Gasteiger partial charge in [-0.2, -0.15) is 0 Å². The maximum Gasteiger partial charge on any atom is 0.318 e. The molecule has 0 unspecified atom stereocenters. The lowest BCUT2D eigenvalue weighted by atomic mass is 10.0. The highest BCUT2D eigenvalue weighted by Gasteiger charge is 2.45. The Morgan fingerprint density at radius 1 is 1.20 bits per heavy atom. The molecule has 1 heterocycles. The Labute approximate surface area is 142 Å². The van der Waals surface area contributed by atoms with Crippen LogP contribution in [-0.2, 0) is 16.1 Å². The molecule has 1 amide bonds. The van der Waals surface area contributed by atoms with Crippen LogP contribution in [0, 0.1) is 20.2 Å². The molecule has 1 aromatic rings. The molecule has 1 fully saturated rings. The van der Waals surface area contributed by atoms with Crippen molar-refractivity contribution in [3.8, 4) is 5.75 Å². The van der Waals surface area contributed by atoms with Crippen LogP contribution in [0.1, 0.15) is 19.4 Å². The number of benzene rings is 1. The van der Waals surface area contributed by atoms with Gasteiger partial charge in [0.1, 0.15) is 5.66 Å². The molecule has 0 radical (unpaired) electrons. The van der Waals surface area contributed by atoms with Gasteiger partial charge in [-0.05, 0) is 25.8 Å². The summed E-state index contributed by atoms with van der Waals surface area (Å²) in [5, 5.41) is 26.6. The highest BCUT2D eigenvalue weighted by atomic mass is 16.7. The Kier molecular flexibility index (Phi) is 4.90. The van der Waals surface area contributed by atoms with Gasteiger partial charge in [0.2, 0.25) is 0 Å². The van der Waals surface area contributed by atoms with Gasteiger partial charge in [-0.1, -0.05) is 0 Å². The Morgan fingerprint density at radius 2 is 1.72 bits per heavy atom. The lowest BCUT2D eigenvalue weighted by molar-refractivity contribution is -0.395. The van der Waals surface area contributed by atoms with Gasteiger partial charge in [0.05, 0.1) is 30.1 Å². The second kappa shape index (κ2) is 6.61. The predicted octanol–water partition coefficient (Wildman–Crippen LogP) is 1.15. The zero-order chi connectivity index (χ0) is 18.9. The van der Waals surface area contributed by atoms with Crippen molar-refractivity contribution in [2.75, 3.05) is 14.2 Å². The molecule has 11 nitrogen and oxygen atoms in total. The molecule has 1 aliphatic rings. The van der Waals surface area contributed by atoms with E-state index in [1.54, 1.807) is 13.8 Å². The van der Waals surface area contributed by atoms with E-state index >= 15 is 0 Å². The molecule has 1 saturated heterocycles. The summed E-state index contributed by atoms with van der Waals surface area (Å²) in [6.07, 6.45) is 0.0216. The first-order chi connectivity index (χ1) is 11.6. The molecule has 2 rings (SSSR count). The number of nitrogens with one attached hydrogen (secondary N) is 1. The van der Waals surface area contributed by atoms with Gasteiger partial charge in [-0.15, -0.1) is 0 Å². The second-order valence-electron chi connectivity index (χ2n) is 5.96. The SMILES string of the molecule is COc1c([N+](=O)[O-])cc(C[C@@H]2NC(C)(C)N(OC)C2=O)cc1[N+](=O)[O-]. The molecule has 1 aliphatic heterocycles. The maximum atomic E-state index is 12.4. The van der Waals surface area contributed by atoms with Crippen molar-refractivity contribution in [2.45, 2.75) is 32.0 Å². The summed E-state index contributed by atoms with van der Waals surface area (Å²) in [6.45, 7) is 3.46. The molecule has 136 valence electrons. The van der Waals surface area contributed by atoms with Gasteiger partial charge in [-0.3, -0.25) is 35.2 Å². The van der Waals surface area contributed by atoms with Gasteiger partial charge in [0.25, 0.3) is 11.7 Å². The van der Waals surface area contributed by atoms with Gasteiger partial charge < -0.3 is 4.74 Å². The Balaban J connectivity index is 2.42. The highest BCUT2D eigenvalue weighted by Crippen LogP contribution is 2.38. The molecule has 0 saturated carbocycles. The summed E-state index contributed by atoms with van der Waals surface area (Å²) >= 11 is 0. The van der Waals surface area contributed by atoms with Crippen LogP contribution in [0.2, 0.25) is 0 Å². The lowest BCUT2D eigenvalue weighted by Crippen LogP contribution is -2.46. The van der Waals surface area contributed by atoms with E-state index in [0.717, 1.165) is 12.2 Å². The zero-order valence-electron chi connectivity index (χ0n) is 14.1. The molecule has 1 N–H and O–H groups in total. The van der Waals surface area contributed by atoms with E-state index in [0.29, 0.717) is 0 Å². The van der Waals surface area contributed by atoms with Gasteiger partial charge in [0, 0.05) is 12.1 Å². The normalized spacial score (nSPS) is 19.1. The summed E-state index contributed by atoms with van der Waals surface area (Å²) in [7, 11) is 2.48. The first-order valence-corrected chi connectivity index (χ1v) is 7.28. The number of hydroxylamine groups is 2. The third-order valence-electron chi connectivity index (χ3n) is 3.86. The van der Waals surface area contributed by atoms with Crippen LogP contribution in [0.5, 0.6) is 5.75 Å². The fraction of sp³-hybridized carbons (Fsp3) is 0.500. The minimum atomic E-state index is -0.777. The van der Waals surface area contributed by atoms with Crippen LogP contribution < -0.4 is 10.1 Å². The van der Waals surface area contributed by atoms with Gasteiger partial charge in [-0.25, -0.2) is 5.06 Å². The third kappa shape index (κ3) is 3.37. The summed E-state index contributed by atoms with van der Waals surface area (Å²) < 4.78 is 4.82. The van der Waals surface area contributed by atoms with E-state index in [-0.39, 0.29) is 17.9 Å². The fourth-order valence-corrected chi connectivity index (χ4v) is 2.91. The van der Waals surface area contributed by atoms with E-state index in [9.17, 15) is 25.0 Å². The molecule has 1 atom stereocenters. The molecular weight excluding hydrogens is 336 g/mol. The second-order valence-corrected chi connectivity index (χ2v) is 5.96. The number of amides is 1.